The number of nitrogens with zero attached hydrogens (tertiary/aromatic N) is 2. The largest absolute Gasteiger partial charge is 0.490 e. The van der Waals surface area contributed by atoms with Crippen LogP contribution in [0.15, 0.2) is 24.3 Å². The molecular formula is C22H32N4O4. The summed E-state index contributed by atoms with van der Waals surface area (Å²) in [6.07, 6.45) is 3.27. The molecule has 164 valence electrons. The minimum Gasteiger partial charge on any atom is -0.490 e. The van der Waals surface area contributed by atoms with Crippen molar-refractivity contribution in [1.29, 1.82) is 0 Å². The fraction of sp³-hybridized carbons (Fsp3) is 0.591. The molecule has 3 rings (SSSR count). The molecule has 8 heteroatoms. The minimum absolute atomic E-state index is 0.0447. The summed E-state index contributed by atoms with van der Waals surface area (Å²) in [7, 11) is 0. The van der Waals surface area contributed by atoms with Crippen LogP contribution in [-0.4, -0.2) is 66.0 Å². The SMILES string of the molecule is CCN(CC)CCOc1ccccc1NC(=O)CCN1C(=O)NC2(CCCC2)C1=O. The zero-order valence-corrected chi connectivity index (χ0v) is 17.9. The van der Waals surface area contributed by atoms with Gasteiger partial charge in [-0.05, 0) is 38.1 Å². The first-order valence-corrected chi connectivity index (χ1v) is 10.9. The lowest BCUT2D eigenvalue weighted by Crippen LogP contribution is -2.44. The number of hydrogen-bond acceptors (Lipinski definition) is 5. The first kappa shape index (κ1) is 22.1. The van der Waals surface area contributed by atoms with Crippen molar-refractivity contribution in [3.05, 3.63) is 24.3 Å². The maximum atomic E-state index is 12.7. The van der Waals surface area contributed by atoms with E-state index < -0.39 is 11.6 Å². The highest BCUT2D eigenvalue weighted by Crippen LogP contribution is 2.35. The van der Waals surface area contributed by atoms with Gasteiger partial charge in [-0.1, -0.05) is 38.8 Å². The molecule has 1 spiro atoms. The van der Waals surface area contributed by atoms with Gasteiger partial charge < -0.3 is 20.3 Å². The van der Waals surface area contributed by atoms with E-state index in [1.54, 1.807) is 6.07 Å². The van der Waals surface area contributed by atoms with Crippen molar-refractivity contribution in [3.63, 3.8) is 0 Å². The average Bonchev–Trinajstić information content (AvgIpc) is 3.30. The van der Waals surface area contributed by atoms with Gasteiger partial charge in [0.1, 0.15) is 17.9 Å². The Bertz CT molecular complexity index is 772. The van der Waals surface area contributed by atoms with Crippen LogP contribution in [-0.2, 0) is 9.59 Å². The molecule has 0 atom stereocenters. The van der Waals surface area contributed by atoms with Crippen molar-refractivity contribution in [2.24, 2.45) is 0 Å². The number of hydrogen-bond donors (Lipinski definition) is 2. The quantitative estimate of drug-likeness (QED) is 0.572. The predicted octanol–water partition coefficient (Wildman–Crippen LogP) is 2.60. The van der Waals surface area contributed by atoms with E-state index >= 15 is 0 Å². The zero-order valence-electron chi connectivity index (χ0n) is 17.9. The highest BCUT2D eigenvalue weighted by Gasteiger charge is 2.52. The van der Waals surface area contributed by atoms with Crippen LogP contribution in [0.1, 0.15) is 46.0 Å². The first-order chi connectivity index (χ1) is 14.5. The number of imide groups is 1. The second-order valence-electron chi connectivity index (χ2n) is 7.85. The molecule has 2 N–H and O–H groups in total. The van der Waals surface area contributed by atoms with Crippen molar-refractivity contribution in [2.45, 2.75) is 51.5 Å². The summed E-state index contributed by atoms with van der Waals surface area (Å²) in [5.41, 5.74) is -0.148. The summed E-state index contributed by atoms with van der Waals surface area (Å²) in [5.74, 6) is 0.151. The van der Waals surface area contributed by atoms with Gasteiger partial charge >= 0.3 is 6.03 Å². The Kier molecular flexibility index (Phi) is 7.31. The molecule has 0 bridgehead atoms. The lowest BCUT2D eigenvalue weighted by Gasteiger charge is -2.20. The summed E-state index contributed by atoms with van der Waals surface area (Å²) in [4.78, 5) is 40.8. The van der Waals surface area contributed by atoms with Gasteiger partial charge in [-0.15, -0.1) is 0 Å². The van der Waals surface area contributed by atoms with Gasteiger partial charge in [0, 0.05) is 19.5 Å². The standard InChI is InChI=1S/C22H32N4O4/c1-3-25(4-2)15-16-30-18-10-6-5-9-17(18)23-19(27)11-14-26-20(28)22(24-21(26)29)12-7-8-13-22/h5-6,9-10H,3-4,7-8,11-16H2,1-2H3,(H,23,27)(H,24,29). The van der Waals surface area contributed by atoms with Gasteiger partial charge in [-0.3, -0.25) is 14.5 Å². The molecule has 1 heterocycles. The Labute approximate surface area is 177 Å². The third-order valence-electron chi connectivity index (χ3n) is 5.99. The van der Waals surface area contributed by atoms with Crippen molar-refractivity contribution in [3.8, 4) is 5.75 Å². The molecule has 1 saturated carbocycles. The molecule has 0 unspecified atom stereocenters. The van der Waals surface area contributed by atoms with Gasteiger partial charge in [-0.25, -0.2) is 4.79 Å². The van der Waals surface area contributed by atoms with Gasteiger partial charge in [0.25, 0.3) is 5.91 Å². The van der Waals surface area contributed by atoms with Crippen LogP contribution >= 0.6 is 0 Å². The Balaban J connectivity index is 1.52. The zero-order chi connectivity index (χ0) is 21.6. The Morgan fingerprint density at radius 2 is 1.90 bits per heavy atom. The maximum Gasteiger partial charge on any atom is 0.325 e. The number of likely N-dealkylation sites (N-methyl/N-ethyl adjacent to an activating group) is 1. The van der Waals surface area contributed by atoms with E-state index in [0.29, 0.717) is 30.9 Å². The number of benzene rings is 1. The molecule has 2 fully saturated rings. The van der Waals surface area contributed by atoms with Gasteiger partial charge in [0.05, 0.1) is 5.69 Å². The molecule has 1 aliphatic heterocycles. The number of urea groups is 1. The fourth-order valence-electron chi connectivity index (χ4n) is 4.14. The van der Waals surface area contributed by atoms with E-state index in [9.17, 15) is 14.4 Å². The number of anilines is 1. The predicted molar refractivity (Wildman–Crippen MR) is 114 cm³/mol. The monoisotopic (exact) mass is 416 g/mol. The van der Waals surface area contributed by atoms with Crippen molar-refractivity contribution < 1.29 is 19.1 Å². The summed E-state index contributed by atoms with van der Waals surface area (Å²) < 4.78 is 5.86. The fourth-order valence-corrected chi connectivity index (χ4v) is 4.14. The third-order valence-corrected chi connectivity index (χ3v) is 5.99. The number of para-hydroxylation sites is 2. The van der Waals surface area contributed by atoms with Crippen LogP contribution in [0.4, 0.5) is 10.5 Å². The van der Waals surface area contributed by atoms with Crippen LogP contribution in [0.3, 0.4) is 0 Å². The molecule has 2 aliphatic rings. The minimum atomic E-state index is -0.737. The Morgan fingerprint density at radius 1 is 1.20 bits per heavy atom. The lowest BCUT2D eigenvalue weighted by molar-refractivity contribution is -0.131. The number of amides is 4. The van der Waals surface area contributed by atoms with Crippen molar-refractivity contribution in [1.82, 2.24) is 15.1 Å². The highest BCUT2D eigenvalue weighted by atomic mass is 16.5. The number of carbonyl (C=O) groups is 3. The molecule has 4 amide bonds. The van der Waals surface area contributed by atoms with E-state index in [0.717, 1.165) is 32.5 Å². The van der Waals surface area contributed by atoms with E-state index in [2.05, 4.69) is 29.4 Å². The molecule has 1 aliphatic carbocycles. The van der Waals surface area contributed by atoms with E-state index in [4.69, 9.17) is 4.74 Å². The number of ether oxygens (including phenoxy) is 1. The molecule has 8 nitrogen and oxygen atoms in total. The third kappa shape index (κ3) is 4.92. The van der Waals surface area contributed by atoms with Crippen molar-refractivity contribution >= 4 is 23.5 Å². The van der Waals surface area contributed by atoms with Crippen LogP contribution in [0.25, 0.3) is 0 Å². The second-order valence-corrected chi connectivity index (χ2v) is 7.85. The highest BCUT2D eigenvalue weighted by molar-refractivity contribution is 6.07. The molecule has 0 aromatic heterocycles. The van der Waals surface area contributed by atoms with Gasteiger partial charge in [0.2, 0.25) is 5.91 Å². The van der Waals surface area contributed by atoms with Crippen molar-refractivity contribution in [2.75, 3.05) is 38.1 Å². The summed E-state index contributed by atoms with van der Waals surface area (Å²) in [5, 5.41) is 5.68. The summed E-state index contributed by atoms with van der Waals surface area (Å²) in [6, 6.07) is 6.89. The molecular weight excluding hydrogens is 384 g/mol. The van der Waals surface area contributed by atoms with E-state index in [1.807, 2.05) is 18.2 Å². The molecule has 1 aromatic rings. The molecule has 1 saturated heterocycles. The number of rotatable bonds is 10. The number of carbonyl (C=O) groups excluding carboxylic acids is 3. The lowest BCUT2D eigenvalue weighted by atomic mass is 9.98. The van der Waals surface area contributed by atoms with Crippen LogP contribution in [0, 0.1) is 0 Å². The Hall–Kier alpha value is -2.61. The topological polar surface area (TPSA) is 91.0 Å². The first-order valence-electron chi connectivity index (χ1n) is 10.9. The summed E-state index contributed by atoms with van der Waals surface area (Å²) in [6.45, 7) is 7.55. The van der Waals surface area contributed by atoms with Gasteiger partial charge in [-0.2, -0.15) is 0 Å². The summed E-state index contributed by atoms with van der Waals surface area (Å²) >= 11 is 0. The number of nitrogens with one attached hydrogen (secondary N) is 2. The van der Waals surface area contributed by atoms with E-state index in [1.165, 1.54) is 4.90 Å². The molecule has 30 heavy (non-hydrogen) atoms. The van der Waals surface area contributed by atoms with Crippen LogP contribution < -0.4 is 15.4 Å². The second kappa shape index (κ2) is 9.93. The maximum absolute atomic E-state index is 12.7. The van der Waals surface area contributed by atoms with Crippen LogP contribution in [0.2, 0.25) is 0 Å². The van der Waals surface area contributed by atoms with Crippen LogP contribution in [0.5, 0.6) is 5.75 Å². The molecule has 1 aromatic carbocycles. The molecule has 0 radical (unpaired) electrons. The Morgan fingerprint density at radius 3 is 2.60 bits per heavy atom. The van der Waals surface area contributed by atoms with E-state index in [-0.39, 0.29) is 24.8 Å². The normalized spacial score (nSPS) is 17.6. The average molecular weight is 417 g/mol. The van der Waals surface area contributed by atoms with Gasteiger partial charge in [0.15, 0.2) is 0 Å². The smallest absolute Gasteiger partial charge is 0.325 e.